The molecule has 5 aromatic heterocycles. The molecule has 1 aliphatic carbocycles. The molecule has 17 N–H and O–H groups in total. The summed E-state index contributed by atoms with van der Waals surface area (Å²) in [6, 6.07) is -1.05. The first-order valence-electron chi connectivity index (χ1n) is 39.8. The monoisotopic (exact) mass is 1820 g/mol. The fourth-order valence-electron chi connectivity index (χ4n) is 14.2. The van der Waals surface area contributed by atoms with Gasteiger partial charge in [0.25, 0.3) is 35.4 Å². The van der Waals surface area contributed by atoms with Gasteiger partial charge in [0.15, 0.2) is 17.3 Å². The van der Waals surface area contributed by atoms with Crippen molar-refractivity contribution in [3.63, 3.8) is 0 Å². The van der Waals surface area contributed by atoms with Gasteiger partial charge < -0.3 is 83.7 Å². The van der Waals surface area contributed by atoms with Crippen molar-refractivity contribution in [2.45, 2.75) is 192 Å². The van der Waals surface area contributed by atoms with E-state index in [1.165, 1.54) is 106 Å². The fourth-order valence-corrected chi connectivity index (χ4v) is 19.1. The molecule has 0 saturated carbocycles. The van der Waals surface area contributed by atoms with Gasteiger partial charge in [0.2, 0.25) is 17.7 Å². The lowest BCUT2D eigenvalue weighted by Crippen LogP contribution is -2.54. The van der Waals surface area contributed by atoms with Gasteiger partial charge in [-0.1, -0.05) is 82.8 Å². The Bertz CT molecular complexity index is 5560. The molecule has 13 bridgehead atoms. The number of Topliss-reactive ketones (excluding diaryl/α,β-unsaturated/α-hetero) is 3. The van der Waals surface area contributed by atoms with Crippen LogP contribution in [0.25, 0.3) is 6.08 Å². The number of allylic oxidation sites excluding steroid dienone is 2. The molecule has 4 aliphatic heterocycles. The predicted molar refractivity (Wildman–Crippen MR) is 464 cm³/mol. The van der Waals surface area contributed by atoms with Gasteiger partial charge in [-0.05, 0) is 89.6 Å². The maximum absolute atomic E-state index is 15.6. The predicted octanol–water partition coefficient (Wildman–Crippen LogP) is 4.41. The van der Waals surface area contributed by atoms with Crippen molar-refractivity contribution in [1.82, 2.24) is 72.8 Å². The van der Waals surface area contributed by atoms with Crippen molar-refractivity contribution >= 4 is 157 Å². The van der Waals surface area contributed by atoms with Gasteiger partial charge in [0, 0.05) is 81.6 Å². The molecule has 38 nitrogen and oxygen atoms in total. The number of rotatable bonds is 15. The molecule has 0 radical (unpaired) electrons. The molecule has 11 rings (SSSR count). The van der Waals surface area contributed by atoms with Gasteiger partial charge in [-0.3, -0.25) is 72.8 Å². The van der Waals surface area contributed by atoms with Crippen molar-refractivity contribution in [2.75, 3.05) is 5.75 Å². The second-order valence-electron chi connectivity index (χ2n) is 31.2. The number of oxime groups is 1. The summed E-state index contributed by atoms with van der Waals surface area (Å²) in [6.07, 6.45) is -2.69. The van der Waals surface area contributed by atoms with Crippen LogP contribution in [-0.2, 0) is 48.6 Å². The third-order valence-electron chi connectivity index (χ3n) is 22.0. The molecule has 9 amide bonds. The number of nitrogens with zero attached hydrogens (tertiary/aromatic N) is 8. The molecule has 1 aromatic carbocycles. The van der Waals surface area contributed by atoms with E-state index in [4.69, 9.17) is 30.6 Å². The Kier molecular flexibility index (Phi) is 30.3. The number of nitrogens with one attached hydrogen (secondary N) is 9. The Morgan fingerprint density at radius 3 is 2.20 bits per heavy atom. The number of fused-ring (bicyclic) bond motifs is 7. The minimum atomic E-state index is -2.11. The summed E-state index contributed by atoms with van der Waals surface area (Å²) < 4.78 is 6.31. The number of nitrogens with two attached hydrogens (primary N) is 1. The smallest absolute Gasteiger partial charge is 0.357 e. The number of aliphatic hydroxyl groups is 5. The van der Waals surface area contributed by atoms with Crippen LogP contribution in [0.3, 0.4) is 0 Å². The average molecular weight is 1820 g/mol. The van der Waals surface area contributed by atoms with E-state index < -0.39 is 214 Å². The minimum Gasteiger partial charge on any atom is -0.455 e. The van der Waals surface area contributed by atoms with Gasteiger partial charge >= 0.3 is 5.97 Å². The normalized spacial score (nSPS) is 25.8. The third kappa shape index (κ3) is 21.3. The molecule has 5 aliphatic rings. The van der Waals surface area contributed by atoms with Crippen molar-refractivity contribution in [2.24, 2.45) is 38.6 Å². The minimum absolute atomic E-state index is 0.00424. The molecular weight excluding hydrogens is 1730 g/mol. The van der Waals surface area contributed by atoms with Gasteiger partial charge in [0.05, 0.1) is 81.4 Å². The lowest BCUT2D eigenvalue weighted by molar-refractivity contribution is -0.131. The van der Waals surface area contributed by atoms with Crippen LogP contribution in [0.15, 0.2) is 121 Å². The molecule has 43 heteroatoms. The number of cyclic esters (lactones) is 1. The molecule has 17 unspecified atom stereocenters. The summed E-state index contributed by atoms with van der Waals surface area (Å²) in [5, 5.41) is 99.6. The lowest BCUT2D eigenvalue weighted by atomic mass is 9.80. The van der Waals surface area contributed by atoms with Crippen molar-refractivity contribution < 1.29 is 97.8 Å². The number of hydrogen-bond acceptors (Lipinski definition) is 34. The average Bonchev–Trinajstić information content (AvgIpc) is 1.55. The highest BCUT2D eigenvalue weighted by molar-refractivity contribution is 8.14. The van der Waals surface area contributed by atoms with Crippen LogP contribution in [-0.4, -0.2) is 203 Å². The van der Waals surface area contributed by atoms with Crippen LogP contribution in [0.2, 0.25) is 0 Å². The van der Waals surface area contributed by atoms with Crippen LogP contribution in [0.5, 0.6) is 0 Å². The first-order valence-corrected chi connectivity index (χ1v) is 44.3. The highest BCUT2D eigenvalue weighted by atomic mass is 32.2. The summed E-state index contributed by atoms with van der Waals surface area (Å²) in [6.45, 7) is 22.2. The molecule has 0 fully saturated rings. The van der Waals surface area contributed by atoms with Crippen LogP contribution in [0.1, 0.15) is 238 Å². The number of benzene rings is 1. The third-order valence-corrected chi connectivity index (χ3v) is 26.9. The summed E-state index contributed by atoms with van der Waals surface area (Å²) >= 11 is 4.50. The largest absolute Gasteiger partial charge is 0.455 e. The standard InChI is InChI=1S/C83H94N18O20S5/c1-13-34(3)61-60(107)23-35(4)68(110)87-37(6)58(105)22-36(5)69(111)101-83-21-20-50(78-97-55(32-124-78)72(114)88-38(7)70(112)93-52(67(84)109)28-85-71(113)44-17-15-16-43(24-44)27-86-120)91-66(83)54-30-125-79(95-54)63(41(10)121-80(118)51-25-46(39(8)102)45-18-19-49(89-61)65(108)64(45)90-51)100-73(115)56-31-122-76(96-56)47(82(12,119)42(11)104)26-59(106)53-29-123-77(94-53)48(14-2)92-75(117)62(40(9)103)99-74(116)57-33-126-81(83)98-57/h14-19,24-25,27-28,30-36,39-42,47,49,53,61-63,65-66,89,102-104,108,119-120H,6-7,13,20-23,26,29H2,1-5,8-12H3,(H2,84,109)(H,85,113)(H,87,110)(H,88,114)(H,92,117)(H,93,112)(H,99,116)(H,100,115)(H,101,111)/b48-14-,52-28?,86-27+. The maximum Gasteiger partial charge on any atom is 0.357 e. The number of esters is 1. The van der Waals surface area contributed by atoms with E-state index in [9.17, 15) is 73.5 Å². The zero-order valence-electron chi connectivity index (χ0n) is 69.7. The van der Waals surface area contributed by atoms with E-state index >= 15 is 14.4 Å². The topological polar surface area (TPSA) is 588 Å². The van der Waals surface area contributed by atoms with Gasteiger partial charge in [-0.15, -0.1) is 57.1 Å². The number of aromatic nitrogens is 5. The number of thiazole rings is 4. The Balaban J connectivity index is 1.06. The van der Waals surface area contributed by atoms with E-state index in [1.54, 1.807) is 26.0 Å². The first kappa shape index (κ1) is 94.9. The van der Waals surface area contributed by atoms with Crippen LogP contribution in [0, 0.1) is 17.8 Å². The summed E-state index contributed by atoms with van der Waals surface area (Å²) in [5.74, 6) is -15.9. The number of ether oxygens (including phenoxy) is 1. The molecule has 0 saturated heterocycles. The van der Waals surface area contributed by atoms with E-state index in [-0.39, 0.29) is 107 Å². The van der Waals surface area contributed by atoms with Gasteiger partial charge in [0.1, 0.15) is 90.5 Å². The molecule has 9 heterocycles. The summed E-state index contributed by atoms with van der Waals surface area (Å²) in [5.41, 5.74) is -1.07. The zero-order valence-corrected chi connectivity index (χ0v) is 73.8. The molecule has 6 aromatic rings. The lowest BCUT2D eigenvalue weighted by Gasteiger charge is -2.41. The van der Waals surface area contributed by atoms with Crippen molar-refractivity contribution in [1.29, 1.82) is 0 Å². The number of thioether (sulfide) groups is 1. The van der Waals surface area contributed by atoms with Crippen LogP contribution >= 0.6 is 57.1 Å². The second kappa shape index (κ2) is 40.2. The van der Waals surface area contributed by atoms with E-state index in [1.807, 2.05) is 6.92 Å². The number of carbonyl (C=O) groups is 13. The molecule has 666 valence electrons. The second-order valence-corrected chi connectivity index (χ2v) is 35.7. The molecule has 126 heavy (non-hydrogen) atoms. The van der Waals surface area contributed by atoms with Crippen molar-refractivity contribution in [3.8, 4) is 0 Å². The number of primary amides is 1. The number of amides is 9. The number of hydrogen-bond donors (Lipinski definition) is 16. The molecular formula is C83H94N18O20S5. The van der Waals surface area contributed by atoms with Crippen LogP contribution in [0.4, 0.5) is 0 Å². The highest BCUT2D eigenvalue weighted by Gasteiger charge is 2.51. The Labute approximate surface area is 741 Å². The number of aliphatic hydroxyl groups excluding tert-OH is 4. The fraction of sp³-hybridized carbons (Fsp3) is 0.410. The number of aliphatic imine (C=N–C) groups is 2. The zero-order chi connectivity index (χ0) is 91.8. The molecule has 0 spiro atoms. The van der Waals surface area contributed by atoms with E-state index in [0.717, 1.165) is 69.5 Å². The SMILES string of the molecule is C=C1NC(=O)C(C)CC(=O)C(C(C)CC)NC2C=Cc3c(C(C)O)cc(nc3C2O)C(=O)OC(C)C2NC(=O)c3csc(n3)C(C(C)(O)C(C)O)CC(=O)C3CSC(=N3)/C(=C/C)NC(=O)C(C(C)O)NC(=O)c3csc(n3)C3(CCC(c4nc(C(=O)NC(=C)C(=O)NC(=CNC(=O)c5cccc(/C=N/O)c5)C(N)=O)cs4)=NC3c3csc2n3)NC(=O)C(C)CC1=O. The Morgan fingerprint density at radius 1 is 0.802 bits per heavy atom. The van der Waals surface area contributed by atoms with E-state index in [0.29, 0.717) is 12.0 Å². The Morgan fingerprint density at radius 2 is 1.51 bits per heavy atom. The summed E-state index contributed by atoms with van der Waals surface area (Å²) in [7, 11) is 0. The quantitative estimate of drug-likeness (QED) is 0.0223. The summed E-state index contributed by atoms with van der Waals surface area (Å²) in [4.78, 5) is 220. The van der Waals surface area contributed by atoms with Gasteiger partial charge in [-0.2, -0.15) is 0 Å². The van der Waals surface area contributed by atoms with Crippen LogP contribution < -0.4 is 53.6 Å². The number of pyridine rings is 1. The number of ketones is 3. The van der Waals surface area contributed by atoms with E-state index in [2.05, 4.69) is 86.1 Å². The maximum atomic E-state index is 15.6. The van der Waals surface area contributed by atoms with Gasteiger partial charge in [-0.25, -0.2) is 29.7 Å². The van der Waals surface area contributed by atoms with Crippen molar-refractivity contribution in [3.05, 3.63) is 183 Å². The first-order chi connectivity index (χ1) is 59.6. The Hall–Kier alpha value is -11.8. The molecule has 17 atom stereocenters. The number of carbonyl (C=O) groups excluding carboxylic acids is 13. The highest BCUT2D eigenvalue weighted by Crippen LogP contribution is 2.49.